The van der Waals surface area contributed by atoms with Crippen molar-refractivity contribution in [1.82, 2.24) is 19.6 Å². The van der Waals surface area contributed by atoms with E-state index in [0.717, 1.165) is 15.9 Å². The van der Waals surface area contributed by atoms with Crippen LogP contribution in [0.4, 0.5) is 5.69 Å². The molecule has 0 aliphatic heterocycles. The highest BCUT2D eigenvalue weighted by Crippen LogP contribution is 2.29. The summed E-state index contributed by atoms with van der Waals surface area (Å²) in [6.45, 7) is 4.15. The quantitative estimate of drug-likeness (QED) is 0.340. The van der Waals surface area contributed by atoms with Crippen LogP contribution in [-0.2, 0) is 16.5 Å². The molecule has 1 amide bonds. The maximum Gasteiger partial charge on any atom is 0.276 e. The molecule has 12 heteroatoms. The van der Waals surface area contributed by atoms with E-state index >= 15 is 0 Å². The van der Waals surface area contributed by atoms with Crippen molar-refractivity contribution >= 4 is 49.0 Å². The van der Waals surface area contributed by atoms with Crippen LogP contribution < -0.4 is 10.1 Å². The highest BCUT2D eigenvalue weighted by molar-refractivity contribution is 9.10. The molecule has 4 rings (SSSR count). The molecule has 0 aliphatic carbocycles. The monoisotopic (exact) mass is 577 g/mol. The molecule has 0 saturated heterocycles. The number of sulfone groups is 1. The molecule has 35 heavy (non-hydrogen) atoms. The summed E-state index contributed by atoms with van der Waals surface area (Å²) in [6, 6.07) is 11.7. The molecule has 9 nitrogen and oxygen atoms in total. The van der Waals surface area contributed by atoms with Gasteiger partial charge in [-0.25, -0.2) is 13.1 Å². The summed E-state index contributed by atoms with van der Waals surface area (Å²) in [5.74, 6) is -0.225. The molecule has 0 bridgehead atoms. The van der Waals surface area contributed by atoms with Gasteiger partial charge in [0.05, 0.1) is 32.8 Å². The van der Waals surface area contributed by atoms with Gasteiger partial charge in [-0.05, 0) is 72.2 Å². The Bertz CT molecular complexity index is 1510. The van der Waals surface area contributed by atoms with Crippen molar-refractivity contribution in [3.05, 3.63) is 81.3 Å². The Balaban J connectivity index is 1.57. The number of ether oxygens (including phenoxy) is 1. The van der Waals surface area contributed by atoms with Crippen LogP contribution in [-0.4, -0.2) is 41.0 Å². The molecule has 1 N–H and O–H groups in total. The third kappa shape index (κ3) is 5.26. The molecule has 0 atom stereocenters. The van der Waals surface area contributed by atoms with Gasteiger partial charge in [0.1, 0.15) is 12.4 Å². The van der Waals surface area contributed by atoms with E-state index in [0.29, 0.717) is 11.7 Å². The Morgan fingerprint density at radius 2 is 1.80 bits per heavy atom. The predicted octanol–water partition coefficient (Wildman–Crippen LogP) is 4.71. The second kappa shape index (κ2) is 9.84. The molecule has 0 saturated carbocycles. The lowest BCUT2D eigenvalue weighted by Crippen LogP contribution is -2.16. The zero-order valence-electron chi connectivity index (χ0n) is 19.0. The van der Waals surface area contributed by atoms with Gasteiger partial charge in [0.15, 0.2) is 5.69 Å². The molecule has 4 aromatic rings. The number of anilines is 1. The van der Waals surface area contributed by atoms with Crippen LogP contribution in [0.5, 0.6) is 5.75 Å². The average molecular weight is 579 g/mol. The molecule has 2 aromatic heterocycles. The van der Waals surface area contributed by atoms with Crippen LogP contribution in [0.3, 0.4) is 0 Å². The third-order valence-electron chi connectivity index (χ3n) is 5.25. The number of carbonyl (C=O) groups is 1. The minimum atomic E-state index is -3.87. The number of benzene rings is 2. The van der Waals surface area contributed by atoms with Crippen molar-refractivity contribution in [2.24, 2.45) is 0 Å². The molecule has 2 aromatic carbocycles. The Hall–Kier alpha value is -3.15. The number of aromatic nitrogens is 4. The van der Waals surface area contributed by atoms with Gasteiger partial charge < -0.3 is 10.1 Å². The first-order valence-electron chi connectivity index (χ1n) is 10.3. The molecule has 0 unspecified atom stereocenters. The number of nitrogens with one attached hydrogen (secondary N) is 1. The summed E-state index contributed by atoms with van der Waals surface area (Å²) >= 11 is 9.37. The van der Waals surface area contributed by atoms with E-state index in [1.165, 1.54) is 49.6 Å². The van der Waals surface area contributed by atoms with Gasteiger partial charge in [0.25, 0.3) is 5.91 Å². The number of hydrogen-bond donors (Lipinski definition) is 1. The first-order chi connectivity index (χ1) is 16.6. The minimum Gasteiger partial charge on any atom is -0.497 e. The second-order valence-electron chi connectivity index (χ2n) is 7.67. The van der Waals surface area contributed by atoms with Crippen LogP contribution >= 0.6 is 27.5 Å². The van der Waals surface area contributed by atoms with Crippen LogP contribution in [0.25, 0.3) is 0 Å². The summed E-state index contributed by atoms with van der Waals surface area (Å²) in [5, 5.41) is 11.9. The van der Waals surface area contributed by atoms with Crippen LogP contribution in [0.2, 0.25) is 5.02 Å². The molecule has 0 aliphatic rings. The van der Waals surface area contributed by atoms with Gasteiger partial charge >= 0.3 is 0 Å². The first-order valence-corrected chi connectivity index (χ1v) is 13.0. The summed E-state index contributed by atoms with van der Waals surface area (Å²) in [5.41, 5.74) is 2.21. The Labute approximate surface area is 215 Å². The van der Waals surface area contributed by atoms with Crippen molar-refractivity contribution in [2.45, 2.75) is 30.3 Å². The van der Waals surface area contributed by atoms with Crippen molar-refractivity contribution in [3.8, 4) is 5.75 Å². The number of nitrogens with zero attached hydrogens (tertiary/aromatic N) is 4. The Morgan fingerprint density at radius 3 is 2.43 bits per heavy atom. The van der Waals surface area contributed by atoms with Gasteiger partial charge in [0, 0.05) is 23.0 Å². The molecule has 2 heterocycles. The number of halogens is 2. The second-order valence-corrected chi connectivity index (χ2v) is 10.9. The van der Waals surface area contributed by atoms with Gasteiger partial charge in [-0.15, -0.1) is 0 Å². The fraction of sp³-hybridized carbons (Fsp3) is 0.174. The molecule has 0 radical (unpaired) electrons. The first kappa shape index (κ1) is 25.0. The summed E-state index contributed by atoms with van der Waals surface area (Å²) in [6.07, 6.45) is 1.67. The SMILES string of the molecule is COc1cc(NC(=O)c2ccn(Cn3nc(C)c(Br)c3C)n2)cc(S(=O)(=O)c2ccc(Cl)cc2)c1. The van der Waals surface area contributed by atoms with Crippen LogP contribution in [0.15, 0.2) is 69.0 Å². The largest absolute Gasteiger partial charge is 0.497 e. The van der Waals surface area contributed by atoms with Crippen LogP contribution in [0, 0.1) is 13.8 Å². The van der Waals surface area contributed by atoms with E-state index < -0.39 is 15.7 Å². The standard InChI is InChI=1S/C23H21BrClN5O4S/c1-14-22(24)15(2)30(27-14)13-29-9-8-21(28-29)23(31)26-17-10-18(34-3)12-20(11-17)35(32,33)19-6-4-16(25)5-7-19/h4-12H,13H2,1-3H3,(H,26,31). The average Bonchev–Trinajstić information content (AvgIpc) is 3.40. The zero-order valence-corrected chi connectivity index (χ0v) is 22.1. The number of carbonyl (C=O) groups excluding carboxylic acids is 1. The normalized spacial score (nSPS) is 11.5. The maximum absolute atomic E-state index is 13.1. The Kier molecular flexibility index (Phi) is 7.02. The number of hydrogen-bond acceptors (Lipinski definition) is 6. The van der Waals surface area contributed by atoms with E-state index in [9.17, 15) is 13.2 Å². The lowest BCUT2D eigenvalue weighted by Gasteiger charge is -2.11. The zero-order chi connectivity index (χ0) is 25.3. The maximum atomic E-state index is 13.1. The predicted molar refractivity (Wildman–Crippen MR) is 135 cm³/mol. The Morgan fingerprint density at radius 1 is 1.09 bits per heavy atom. The number of aryl methyl sites for hydroxylation is 1. The van der Waals surface area contributed by atoms with Gasteiger partial charge in [0.2, 0.25) is 9.84 Å². The highest BCUT2D eigenvalue weighted by atomic mass is 79.9. The summed E-state index contributed by atoms with van der Waals surface area (Å²) in [7, 11) is -2.46. The highest BCUT2D eigenvalue weighted by Gasteiger charge is 2.21. The molecular formula is C23H21BrClN5O4S. The molecular weight excluding hydrogens is 558 g/mol. The summed E-state index contributed by atoms with van der Waals surface area (Å²) in [4.78, 5) is 12.9. The fourth-order valence-electron chi connectivity index (χ4n) is 3.37. The molecule has 182 valence electrons. The molecule has 0 fully saturated rings. The number of rotatable bonds is 7. The van der Waals surface area contributed by atoms with E-state index in [4.69, 9.17) is 16.3 Å². The van der Waals surface area contributed by atoms with Crippen molar-refractivity contribution < 1.29 is 17.9 Å². The van der Waals surface area contributed by atoms with Gasteiger partial charge in [-0.3, -0.25) is 9.48 Å². The number of amides is 1. The smallest absolute Gasteiger partial charge is 0.276 e. The topological polar surface area (TPSA) is 108 Å². The van der Waals surface area contributed by atoms with E-state index in [1.54, 1.807) is 21.6 Å². The van der Waals surface area contributed by atoms with Gasteiger partial charge in [-0.2, -0.15) is 10.2 Å². The fourth-order valence-corrected chi connectivity index (χ4v) is 5.10. The summed E-state index contributed by atoms with van der Waals surface area (Å²) < 4.78 is 35.8. The lowest BCUT2D eigenvalue weighted by molar-refractivity contribution is 0.102. The number of methoxy groups -OCH3 is 1. The van der Waals surface area contributed by atoms with Gasteiger partial charge in [-0.1, -0.05) is 11.6 Å². The minimum absolute atomic E-state index is 0.0323. The van der Waals surface area contributed by atoms with E-state index in [-0.39, 0.29) is 26.9 Å². The lowest BCUT2D eigenvalue weighted by atomic mass is 10.3. The van der Waals surface area contributed by atoms with E-state index in [1.807, 2.05) is 13.8 Å². The molecule has 0 spiro atoms. The van der Waals surface area contributed by atoms with E-state index in [2.05, 4.69) is 31.4 Å². The van der Waals surface area contributed by atoms with Crippen molar-refractivity contribution in [2.75, 3.05) is 12.4 Å². The van der Waals surface area contributed by atoms with Crippen molar-refractivity contribution in [3.63, 3.8) is 0 Å². The van der Waals surface area contributed by atoms with Crippen LogP contribution in [0.1, 0.15) is 21.9 Å². The van der Waals surface area contributed by atoms with Crippen molar-refractivity contribution in [1.29, 1.82) is 0 Å². The third-order valence-corrected chi connectivity index (χ3v) is 8.40.